The van der Waals surface area contributed by atoms with Gasteiger partial charge in [-0.3, -0.25) is 0 Å². The van der Waals surface area contributed by atoms with Gasteiger partial charge in [-0.25, -0.2) is 0 Å². The summed E-state index contributed by atoms with van der Waals surface area (Å²) in [5, 5.41) is 0.883. The lowest BCUT2D eigenvalue weighted by Crippen LogP contribution is -2.11. The zero-order valence-corrected chi connectivity index (χ0v) is 7.50. The zero-order valence-electron chi connectivity index (χ0n) is 6.74. The van der Waals surface area contributed by atoms with Gasteiger partial charge in [0.2, 0.25) is 0 Å². The van der Waals surface area contributed by atoms with Gasteiger partial charge in [0.25, 0.3) is 0 Å². The molecule has 0 radical (unpaired) electrons. The Balaban J connectivity index is 2.88. The van der Waals surface area contributed by atoms with Crippen molar-refractivity contribution < 1.29 is 0 Å². The maximum atomic E-state index is 5.88. The Bertz CT molecular complexity index is 197. The molecule has 0 aromatic heterocycles. The predicted octanol–water partition coefficient (Wildman–Crippen LogP) is 3.49. The maximum Gasteiger partial charge on any atom is 0.0371 e. The summed E-state index contributed by atoms with van der Waals surface area (Å²) in [5.74, 6) is 0. The molecular weight excluding hydrogens is 144 g/mol. The highest BCUT2D eigenvalue weighted by Gasteiger charge is 2.18. The van der Waals surface area contributed by atoms with Crippen molar-refractivity contribution in [2.75, 3.05) is 0 Å². The van der Waals surface area contributed by atoms with Gasteiger partial charge in [-0.05, 0) is 24.8 Å². The average molecular weight is 157 g/mol. The Morgan fingerprint density at radius 2 is 2.10 bits per heavy atom. The minimum absolute atomic E-state index is 0.260. The van der Waals surface area contributed by atoms with Crippen molar-refractivity contribution in [2.45, 2.75) is 27.2 Å². The van der Waals surface area contributed by atoms with E-state index in [9.17, 15) is 0 Å². The molecule has 1 aliphatic rings. The molecule has 0 saturated carbocycles. The Morgan fingerprint density at radius 3 is 2.50 bits per heavy atom. The predicted molar refractivity (Wildman–Crippen MR) is 46.1 cm³/mol. The summed E-state index contributed by atoms with van der Waals surface area (Å²) in [7, 11) is 0. The van der Waals surface area contributed by atoms with Gasteiger partial charge in [-0.15, -0.1) is 0 Å². The van der Waals surface area contributed by atoms with Crippen LogP contribution in [0.5, 0.6) is 0 Å². The molecule has 0 saturated heterocycles. The van der Waals surface area contributed by atoms with Gasteiger partial charge in [0, 0.05) is 5.03 Å². The average Bonchev–Trinajstić information content (AvgIpc) is 1.54. The second-order valence-corrected chi connectivity index (χ2v) is 4.12. The summed E-state index contributed by atoms with van der Waals surface area (Å²) in [6.45, 7) is 6.52. The van der Waals surface area contributed by atoms with Crippen LogP contribution >= 0.6 is 11.6 Å². The van der Waals surface area contributed by atoms with Crippen molar-refractivity contribution in [1.82, 2.24) is 0 Å². The van der Waals surface area contributed by atoms with E-state index in [2.05, 4.69) is 26.8 Å². The van der Waals surface area contributed by atoms with Gasteiger partial charge in [-0.2, -0.15) is 0 Å². The molecular formula is C9H13Cl. The van der Waals surface area contributed by atoms with Crippen LogP contribution in [0.3, 0.4) is 0 Å². The molecule has 0 N–H and O–H groups in total. The third-order valence-corrected chi connectivity index (χ3v) is 1.87. The minimum Gasteiger partial charge on any atom is -0.0847 e. The first-order valence-electron chi connectivity index (χ1n) is 3.55. The van der Waals surface area contributed by atoms with Crippen LogP contribution in [0.4, 0.5) is 0 Å². The van der Waals surface area contributed by atoms with Crippen molar-refractivity contribution in [3.63, 3.8) is 0 Å². The summed E-state index contributed by atoms with van der Waals surface area (Å²) in [4.78, 5) is 0. The van der Waals surface area contributed by atoms with E-state index in [1.165, 1.54) is 5.57 Å². The van der Waals surface area contributed by atoms with Crippen LogP contribution in [0.25, 0.3) is 0 Å². The fourth-order valence-corrected chi connectivity index (χ4v) is 1.95. The molecule has 1 heteroatoms. The molecule has 0 bridgehead atoms. The van der Waals surface area contributed by atoms with Crippen LogP contribution in [0.15, 0.2) is 22.8 Å². The summed E-state index contributed by atoms with van der Waals surface area (Å²) in [6, 6.07) is 0. The van der Waals surface area contributed by atoms with E-state index in [-0.39, 0.29) is 5.41 Å². The molecule has 0 unspecified atom stereocenters. The normalized spacial score (nSPS) is 23.6. The molecule has 10 heavy (non-hydrogen) atoms. The topological polar surface area (TPSA) is 0 Å². The summed E-state index contributed by atoms with van der Waals surface area (Å²) < 4.78 is 0. The van der Waals surface area contributed by atoms with E-state index >= 15 is 0 Å². The minimum atomic E-state index is 0.260. The number of allylic oxidation sites excluding steroid dienone is 4. The van der Waals surface area contributed by atoms with Crippen molar-refractivity contribution >= 4 is 11.6 Å². The Labute approximate surface area is 67.6 Å². The van der Waals surface area contributed by atoms with E-state index in [0.717, 1.165) is 11.5 Å². The molecule has 0 aromatic rings. The van der Waals surface area contributed by atoms with Gasteiger partial charge in [0.15, 0.2) is 0 Å². The highest BCUT2D eigenvalue weighted by atomic mass is 35.5. The highest BCUT2D eigenvalue weighted by Crippen LogP contribution is 2.33. The largest absolute Gasteiger partial charge is 0.0847 e. The van der Waals surface area contributed by atoms with Gasteiger partial charge in [-0.1, -0.05) is 37.1 Å². The lowest BCUT2D eigenvalue weighted by atomic mass is 9.83. The van der Waals surface area contributed by atoms with Crippen LogP contribution in [0.1, 0.15) is 27.2 Å². The molecule has 0 amide bonds. The van der Waals surface area contributed by atoms with Crippen LogP contribution in [0.2, 0.25) is 0 Å². The van der Waals surface area contributed by atoms with E-state index in [1.54, 1.807) is 0 Å². The summed E-state index contributed by atoms with van der Waals surface area (Å²) >= 11 is 5.88. The second kappa shape index (κ2) is 2.43. The molecule has 0 aromatic carbocycles. The first-order valence-corrected chi connectivity index (χ1v) is 3.93. The van der Waals surface area contributed by atoms with Gasteiger partial charge in [0.1, 0.15) is 0 Å². The maximum absolute atomic E-state index is 5.88. The van der Waals surface area contributed by atoms with Crippen molar-refractivity contribution in [1.29, 1.82) is 0 Å². The number of halogens is 1. The smallest absolute Gasteiger partial charge is 0.0371 e. The van der Waals surface area contributed by atoms with Crippen LogP contribution in [-0.2, 0) is 0 Å². The first-order chi connectivity index (χ1) is 4.49. The number of rotatable bonds is 0. The summed E-state index contributed by atoms with van der Waals surface area (Å²) in [5.41, 5.74) is 1.63. The number of hydrogen-bond donors (Lipinski definition) is 0. The van der Waals surface area contributed by atoms with Gasteiger partial charge >= 0.3 is 0 Å². The fourth-order valence-electron chi connectivity index (χ4n) is 1.47. The Morgan fingerprint density at radius 1 is 1.50 bits per heavy atom. The molecule has 1 rings (SSSR count). The Hall–Kier alpha value is -0.230. The SMILES string of the molecule is CC1=CC(Cl)=CC(C)(C)C1. The number of hydrogen-bond acceptors (Lipinski definition) is 0. The molecule has 0 nitrogen and oxygen atoms in total. The van der Waals surface area contributed by atoms with Crippen molar-refractivity contribution in [3.8, 4) is 0 Å². The van der Waals surface area contributed by atoms with Crippen LogP contribution in [0, 0.1) is 5.41 Å². The van der Waals surface area contributed by atoms with Crippen molar-refractivity contribution in [3.05, 3.63) is 22.8 Å². The third-order valence-electron chi connectivity index (χ3n) is 1.65. The molecule has 0 aliphatic heterocycles. The molecule has 1 aliphatic carbocycles. The standard InChI is InChI=1S/C9H13Cl/c1-7-4-8(10)6-9(2,3)5-7/h4,6H,5H2,1-3H3. The fraction of sp³-hybridized carbons (Fsp3) is 0.556. The highest BCUT2D eigenvalue weighted by molar-refractivity contribution is 6.31. The van der Waals surface area contributed by atoms with Gasteiger partial charge in [0.05, 0.1) is 0 Å². The third kappa shape index (κ3) is 1.88. The zero-order chi connectivity index (χ0) is 7.78. The van der Waals surface area contributed by atoms with Crippen LogP contribution < -0.4 is 0 Å². The molecule has 56 valence electrons. The molecule has 0 heterocycles. The first kappa shape index (κ1) is 7.87. The Kier molecular flexibility index (Phi) is 1.91. The van der Waals surface area contributed by atoms with Crippen molar-refractivity contribution in [2.24, 2.45) is 5.41 Å². The van der Waals surface area contributed by atoms with E-state index in [4.69, 9.17) is 11.6 Å². The van der Waals surface area contributed by atoms with Gasteiger partial charge < -0.3 is 0 Å². The second-order valence-electron chi connectivity index (χ2n) is 3.69. The monoisotopic (exact) mass is 156 g/mol. The van der Waals surface area contributed by atoms with E-state index < -0.39 is 0 Å². The lowest BCUT2D eigenvalue weighted by molar-refractivity contribution is 0.469. The van der Waals surface area contributed by atoms with E-state index in [0.29, 0.717) is 0 Å². The van der Waals surface area contributed by atoms with E-state index in [1.807, 2.05) is 6.08 Å². The summed E-state index contributed by atoms with van der Waals surface area (Å²) in [6.07, 6.45) is 5.28. The lowest BCUT2D eigenvalue weighted by Gasteiger charge is -2.24. The quantitative estimate of drug-likeness (QED) is 0.504. The molecule has 0 spiro atoms. The van der Waals surface area contributed by atoms with Crippen LogP contribution in [-0.4, -0.2) is 0 Å². The molecule has 0 atom stereocenters. The molecule has 0 fully saturated rings.